The number of nitrogens with two attached hydrogens (primary N) is 1. The molecule has 4 N–H and O–H groups in total. The summed E-state index contributed by atoms with van der Waals surface area (Å²) in [6.45, 7) is 1.10. The number of pyridine rings is 1. The molecule has 0 saturated heterocycles. The van der Waals surface area contributed by atoms with E-state index in [-0.39, 0.29) is 6.03 Å². The van der Waals surface area contributed by atoms with Gasteiger partial charge >= 0.3 is 6.03 Å². The van der Waals surface area contributed by atoms with Crippen LogP contribution < -0.4 is 16.4 Å². The SMILES string of the molecule is NCCCNC(=O)Nc1cccc(Cl)n1. The molecule has 0 unspecified atom stereocenters. The Balaban J connectivity index is 2.37. The predicted molar refractivity (Wildman–Crippen MR) is 59.9 cm³/mol. The fraction of sp³-hybridized carbons (Fsp3) is 0.333. The van der Waals surface area contributed by atoms with Crippen molar-refractivity contribution in [2.75, 3.05) is 18.4 Å². The molecule has 5 nitrogen and oxygen atoms in total. The molecule has 0 aliphatic heterocycles. The van der Waals surface area contributed by atoms with Crippen LogP contribution in [0.25, 0.3) is 0 Å². The molecule has 0 radical (unpaired) electrons. The predicted octanol–water partition coefficient (Wildman–Crippen LogP) is 1.21. The van der Waals surface area contributed by atoms with E-state index in [1.165, 1.54) is 0 Å². The van der Waals surface area contributed by atoms with Crippen LogP contribution in [0, 0.1) is 0 Å². The summed E-state index contributed by atoms with van der Waals surface area (Å²) in [4.78, 5) is 15.2. The van der Waals surface area contributed by atoms with Crippen molar-refractivity contribution in [3.05, 3.63) is 23.4 Å². The Morgan fingerprint density at radius 3 is 3.00 bits per heavy atom. The summed E-state index contributed by atoms with van der Waals surface area (Å²) >= 11 is 5.66. The molecule has 0 aliphatic carbocycles. The third kappa shape index (κ3) is 4.62. The summed E-state index contributed by atoms with van der Waals surface area (Å²) < 4.78 is 0. The standard InChI is InChI=1S/C9H13ClN4O/c10-7-3-1-4-8(13-7)14-9(15)12-6-2-5-11/h1,3-4H,2,5-6,11H2,(H2,12,13,14,15). The average Bonchev–Trinajstić information content (AvgIpc) is 2.18. The summed E-state index contributed by atoms with van der Waals surface area (Å²) in [5.41, 5.74) is 5.29. The lowest BCUT2D eigenvalue weighted by atomic mass is 10.4. The second kappa shape index (κ2) is 6.21. The first-order valence-electron chi connectivity index (χ1n) is 4.60. The molecule has 0 fully saturated rings. The second-order valence-electron chi connectivity index (χ2n) is 2.87. The van der Waals surface area contributed by atoms with Crippen molar-refractivity contribution in [1.29, 1.82) is 0 Å². The fourth-order valence-electron chi connectivity index (χ4n) is 0.942. The monoisotopic (exact) mass is 228 g/mol. The number of aromatic nitrogens is 1. The highest BCUT2D eigenvalue weighted by atomic mass is 35.5. The van der Waals surface area contributed by atoms with E-state index in [0.29, 0.717) is 24.1 Å². The van der Waals surface area contributed by atoms with Crippen molar-refractivity contribution in [1.82, 2.24) is 10.3 Å². The molecule has 0 atom stereocenters. The van der Waals surface area contributed by atoms with Crippen molar-refractivity contribution in [2.24, 2.45) is 5.73 Å². The van der Waals surface area contributed by atoms with Gasteiger partial charge in [0.15, 0.2) is 0 Å². The number of carbonyl (C=O) groups is 1. The van der Waals surface area contributed by atoms with Gasteiger partial charge in [-0.1, -0.05) is 17.7 Å². The molecule has 1 rings (SSSR count). The molecular weight excluding hydrogens is 216 g/mol. The van der Waals surface area contributed by atoms with E-state index < -0.39 is 0 Å². The van der Waals surface area contributed by atoms with Gasteiger partial charge in [-0.25, -0.2) is 9.78 Å². The van der Waals surface area contributed by atoms with Gasteiger partial charge in [0.1, 0.15) is 11.0 Å². The van der Waals surface area contributed by atoms with E-state index in [9.17, 15) is 4.79 Å². The highest BCUT2D eigenvalue weighted by Crippen LogP contribution is 2.08. The normalized spacial score (nSPS) is 9.73. The molecule has 0 aromatic carbocycles. The van der Waals surface area contributed by atoms with E-state index in [1.54, 1.807) is 18.2 Å². The Morgan fingerprint density at radius 2 is 2.33 bits per heavy atom. The third-order valence-electron chi connectivity index (χ3n) is 1.62. The molecule has 0 bridgehead atoms. The Bertz CT molecular complexity index is 332. The smallest absolute Gasteiger partial charge is 0.320 e. The van der Waals surface area contributed by atoms with Crippen molar-refractivity contribution in [3.8, 4) is 0 Å². The van der Waals surface area contributed by atoms with Gasteiger partial charge in [-0.3, -0.25) is 5.32 Å². The Morgan fingerprint density at radius 1 is 1.53 bits per heavy atom. The molecule has 1 aromatic rings. The van der Waals surface area contributed by atoms with Gasteiger partial charge in [0.25, 0.3) is 0 Å². The molecule has 6 heteroatoms. The van der Waals surface area contributed by atoms with E-state index in [4.69, 9.17) is 17.3 Å². The fourth-order valence-corrected chi connectivity index (χ4v) is 1.11. The first kappa shape index (κ1) is 11.7. The van der Waals surface area contributed by atoms with E-state index in [0.717, 1.165) is 6.42 Å². The number of amides is 2. The molecule has 1 heterocycles. The number of anilines is 1. The highest BCUT2D eigenvalue weighted by molar-refractivity contribution is 6.29. The topological polar surface area (TPSA) is 80.0 Å². The van der Waals surface area contributed by atoms with Gasteiger partial charge in [-0.05, 0) is 25.1 Å². The van der Waals surface area contributed by atoms with Crippen LogP contribution >= 0.6 is 11.6 Å². The minimum absolute atomic E-state index is 0.307. The van der Waals surface area contributed by atoms with E-state index in [1.807, 2.05) is 0 Å². The van der Waals surface area contributed by atoms with Gasteiger partial charge in [-0.2, -0.15) is 0 Å². The van der Waals surface area contributed by atoms with Crippen molar-refractivity contribution in [2.45, 2.75) is 6.42 Å². The average molecular weight is 229 g/mol. The Hall–Kier alpha value is -1.33. The van der Waals surface area contributed by atoms with Gasteiger partial charge in [-0.15, -0.1) is 0 Å². The Labute approximate surface area is 93.0 Å². The molecule has 0 spiro atoms. The lowest BCUT2D eigenvalue weighted by Gasteiger charge is -2.05. The molecular formula is C9H13ClN4O. The number of nitrogens with one attached hydrogen (secondary N) is 2. The lowest BCUT2D eigenvalue weighted by molar-refractivity contribution is 0.252. The summed E-state index contributed by atoms with van der Waals surface area (Å²) in [5.74, 6) is 0.424. The van der Waals surface area contributed by atoms with E-state index in [2.05, 4.69) is 15.6 Å². The largest absolute Gasteiger partial charge is 0.338 e. The maximum atomic E-state index is 11.3. The van der Waals surface area contributed by atoms with Crippen LogP contribution in [0.3, 0.4) is 0 Å². The van der Waals surface area contributed by atoms with Crippen LogP contribution in [0.5, 0.6) is 0 Å². The number of hydrogen-bond donors (Lipinski definition) is 3. The highest BCUT2D eigenvalue weighted by Gasteiger charge is 2.01. The summed E-state index contributed by atoms with van der Waals surface area (Å²) in [7, 11) is 0. The molecule has 82 valence electrons. The van der Waals surface area contributed by atoms with Crippen molar-refractivity contribution in [3.63, 3.8) is 0 Å². The van der Waals surface area contributed by atoms with Crippen LogP contribution in [-0.2, 0) is 0 Å². The quantitative estimate of drug-likeness (QED) is 0.535. The minimum atomic E-state index is -0.307. The number of carbonyl (C=O) groups excluding carboxylic acids is 1. The zero-order chi connectivity index (χ0) is 11.1. The first-order chi connectivity index (χ1) is 7.22. The van der Waals surface area contributed by atoms with Crippen LogP contribution in [0.1, 0.15) is 6.42 Å². The van der Waals surface area contributed by atoms with Gasteiger partial charge in [0.05, 0.1) is 0 Å². The molecule has 0 aliphatic rings. The summed E-state index contributed by atoms with van der Waals surface area (Å²) in [6, 6.07) is 4.70. The zero-order valence-electron chi connectivity index (χ0n) is 8.16. The number of rotatable bonds is 4. The van der Waals surface area contributed by atoms with Crippen LogP contribution in [0.4, 0.5) is 10.6 Å². The second-order valence-corrected chi connectivity index (χ2v) is 3.26. The number of hydrogen-bond acceptors (Lipinski definition) is 3. The van der Waals surface area contributed by atoms with Gasteiger partial charge < -0.3 is 11.1 Å². The van der Waals surface area contributed by atoms with Crippen LogP contribution in [0.15, 0.2) is 18.2 Å². The number of halogens is 1. The number of nitrogens with zero attached hydrogens (tertiary/aromatic N) is 1. The van der Waals surface area contributed by atoms with Gasteiger partial charge in [0, 0.05) is 6.54 Å². The molecule has 0 saturated carbocycles. The third-order valence-corrected chi connectivity index (χ3v) is 1.83. The molecule has 1 aromatic heterocycles. The lowest BCUT2D eigenvalue weighted by Crippen LogP contribution is -2.30. The molecule has 2 amide bonds. The van der Waals surface area contributed by atoms with E-state index >= 15 is 0 Å². The summed E-state index contributed by atoms with van der Waals surface area (Å²) in [6.07, 6.45) is 0.746. The van der Waals surface area contributed by atoms with Crippen LogP contribution in [-0.4, -0.2) is 24.1 Å². The zero-order valence-corrected chi connectivity index (χ0v) is 8.92. The summed E-state index contributed by atoms with van der Waals surface area (Å²) in [5, 5.41) is 5.54. The maximum Gasteiger partial charge on any atom is 0.320 e. The van der Waals surface area contributed by atoms with Crippen molar-refractivity contribution < 1.29 is 4.79 Å². The van der Waals surface area contributed by atoms with Crippen LogP contribution in [0.2, 0.25) is 5.15 Å². The number of urea groups is 1. The van der Waals surface area contributed by atoms with Gasteiger partial charge in [0.2, 0.25) is 0 Å². The first-order valence-corrected chi connectivity index (χ1v) is 4.97. The van der Waals surface area contributed by atoms with Crippen molar-refractivity contribution >= 4 is 23.4 Å². The maximum absolute atomic E-state index is 11.3. The minimum Gasteiger partial charge on any atom is -0.338 e. The Kier molecular flexibility index (Phi) is 4.86. The molecule has 15 heavy (non-hydrogen) atoms.